The molecule has 8 bridgehead atoms. The maximum Gasteiger partial charge on any atom is 0.164 e. The molecule has 0 saturated heterocycles. The second kappa shape index (κ2) is 10.2. The second-order valence-corrected chi connectivity index (χ2v) is 11.8. The van der Waals surface area contributed by atoms with Crippen LogP contribution in [0.2, 0.25) is 0 Å². The molecule has 226 valence electrons. The summed E-state index contributed by atoms with van der Waals surface area (Å²) in [5.41, 5.74) is 9.52. The van der Waals surface area contributed by atoms with Gasteiger partial charge < -0.3 is 14.7 Å². The third-order valence-electron chi connectivity index (χ3n) is 9.15. The minimum atomic E-state index is 0.593. The van der Waals surface area contributed by atoms with Crippen LogP contribution in [-0.4, -0.2) is 42.0 Å². The van der Waals surface area contributed by atoms with E-state index < -0.39 is 0 Å². The number of aromatic amines is 2. The monoisotopic (exact) mass is 619 g/mol. The molecule has 0 atom stereocenters. The summed E-state index contributed by atoms with van der Waals surface area (Å²) < 4.78 is 5.53. The van der Waals surface area contributed by atoms with E-state index in [1.165, 1.54) is 0 Å². The van der Waals surface area contributed by atoms with Crippen LogP contribution in [0.4, 0.5) is 0 Å². The Morgan fingerprint density at radius 3 is 1.48 bits per heavy atom. The van der Waals surface area contributed by atoms with E-state index in [0.717, 1.165) is 71.9 Å². The van der Waals surface area contributed by atoms with Crippen LogP contribution >= 0.6 is 0 Å². The number of hydrogen-bond donors (Lipinski definition) is 2. The summed E-state index contributed by atoms with van der Waals surface area (Å²) >= 11 is 0. The zero-order chi connectivity index (χ0) is 31.8. The quantitative estimate of drug-likeness (QED) is 0.200. The van der Waals surface area contributed by atoms with Gasteiger partial charge in [0, 0.05) is 49.4 Å². The molecule has 0 aliphatic carbocycles. The molecule has 2 N–H and O–H groups in total. The Kier molecular flexibility index (Phi) is 5.62. The van der Waals surface area contributed by atoms with Gasteiger partial charge in [-0.05, 0) is 17.7 Å². The minimum Gasteiger partial charge on any atom is -0.497 e. The van der Waals surface area contributed by atoms with Gasteiger partial charge in [-0.25, -0.2) is 24.9 Å². The van der Waals surface area contributed by atoms with Crippen LogP contribution in [0.5, 0.6) is 5.75 Å². The summed E-state index contributed by atoms with van der Waals surface area (Å²) in [6, 6.07) is 40.9. The van der Waals surface area contributed by atoms with Crippen molar-refractivity contribution in [2.75, 3.05) is 7.11 Å². The first-order chi connectivity index (χ1) is 23.7. The molecular weight excluding hydrogens is 594 g/mol. The van der Waals surface area contributed by atoms with Gasteiger partial charge in [0.05, 0.1) is 18.3 Å². The van der Waals surface area contributed by atoms with Crippen molar-refractivity contribution in [2.45, 2.75) is 0 Å². The summed E-state index contributed by atoms with van der Waals surface area (Å²) in [7, 11) is 1.68. The van der Waals surface area contributed by atoms with Crippen molar-refractivity contribution in [3.05, 3.63) is 121 Å². The summed E-state index contributed by atoms with van der Waals surface area (Å²) in [6.45, 7) is 0. The van der Waals surface area contributed by atoms with Crippen molar-refractivity contribution >= 4 is 44.0 Å². The standard InChI is InChI=1S/C40H25N7O/c1-48-23-20-18-22(19-21-23)32-33-24-10-2-4-12-26(24)35(41-33)43-37-28-14-6-8-16-30(28)39(45-37)47-40-31-17-9-7-15-29(31)38(46-40)44-36-27-13-5-3-11-25(27)34(32)42-36/h2-21H,1H3,(H2,41,42,43,44,45,46,47). The highest BCUT2D eigenvalue weighted by molar-refractivity contribution is 6.13. The van der Waals surface area contributed by atoms with E-state index in [1.54, 1.807) is 7.11 Å². The first-order valence-corrected chi connectivity index (χ1v) is 15.7. The number of benzene rings is 5. The Hall–Kier alpha value is -6.67. The SMILES string of the molecule is COc1ccc(-c2c3nc(nc4[nH]c(nc5nc(nc6[nH]c2c2ccccc62)-c2ccccc2-5)c2ccccc42)-c2ccccc2-3)cc1. The molecule has 5 heterocycles. The van der Waals surface area contributed by atoms with E-state index in [2.05, 4.69) is 64.6 Å². The van der Waals surface area contributed by atoms with Crippen LogP contribution in [0.3, 0.4) is 0 Å². The van der Waals surface area contributed by atoms with Crippen LogP contribution in [0.1, 0.15) is 0 Å². The average Bonchev–Trinajstić information content (AvgIpc) is 3.88. The normalized spacial score (nSPS) is 11.9. The molecule has 3 aromatic heterocycles. The topological polar surface area (TPSA) is 105 Å². The first kappa shape index (κ1) is 26.5. The zero-order valence-electron chi connectivity index (χ0n) is 25.7. The summed E-state index contributed by atoms with van der Waals surface area (Å²) in [5, 5.41) is 3.91. The van der Waals surface area contributed by atoms with E-state index in [9.17, 15) is 0 Å². The van der Waals surface area contributed by atoms with Crippen molar-refractivity contribution in [3.63, 3.8) is 0 Å². The van der Waals surface area contributed by atoms with E-state index >= 15 is 0 Å². The third kappa shape index (κ3) is 3.93. The second-order valence-electron chi connectivity index (χ2n) is 11.8. The molecule has 5 aromatic carbocycles. The number of hydrogen-bond acceptors (Lipinski definition) is 6. The summed E-state index contributed by atoms with van der Waals surface area (Å²) in [5.74, 6) is 2.59. The van der Waals surface area contributed by atoms with Gasteiger partial charge in [0.2, 0.25) is 0 Å². The van der Waals surface area contributed by atoms with Crippen molar-refractivity contribution in [1.29, 1.82) is 0 Å². The number of ether oxygens (including phenoxy) is 1. The molecule has 0 radical (unpaired) electrons. The largest absolute Gasteiger partial charge is 0.497 e. The smallest absolute Gasteiger partial charge is 0.164 e. The number of aromatic nitrogens is 7. The Balaban J connectivity index is 1.46. The predicted molar refractivity (Wildman–Crippen MR) is 190 cm³/mol. The lowest BCUT2D eigenvalue weighted by Crippen LogP contribution is -1.87. The molecule has 8 nitrogen and oxygen atoms in total. The number of nitrogens with one attached hydrogen (secondary N) is 2. The minimum absolute atomic E-state index is 0.593. The molecular formula is C40H25N7O. The van der Waals surface area contributed by atoms with Gasteiger partial charge in [-0.3, -0.25) is 0 Å². The van der Waals surface area contributed by atoms with Crippen molar-refractivity contribution in [2.24, 2.45) is 0 Å². The van der Waals surface area contributed by atoms with Crippen molar-refractivity contribution in [1.82, 2.24) is 34.9 Å². The van der Waals surface area contributed by atoms with Gasteiger partial charge in [0.25, 0.3) is 0 Å². The lowest BCUT2D eigenvalue weighted by atomic mass is 9.97. The number of fused-ring (bicyclic) bond motifs is 20. The van der Waals surface area contributed by atoms with E-state index in [0.29, 0.717) is 34.4 Å². The van der Waals surface area contributed by atoms with Gasteiger partial charge in [-0.1, -0.05) is 109 Å². The van der Waals surface area contributed by atoms with Crippen molar-refractivity contribution < 1.29 is 4.74 Å². The molecule has 0 amide bonds. The maximum absolute atomic E-state index is 5.53. The first-order valence-electron chi connectivity index (χ1n) is 15.7. The average molecular weight is 620 g/mol. The van der Waals surface area contributed by atoms with Crippen LogP contribution < -0.4 is 4.74 Å². The molecule has 2 aliphatic heterocycles. The Bertz CT molecular complexity index is 2780. The van der Waals surface area contributed by atoms with E-state index in [1.807, 2.05) is 66.7 Å². The molecule has 10 rings (SSSR count). The van der Waals surface area contributed by atoms with Crippen LogP contribution in [0, 0.1) is 0 Å². The zero-order valence-corrected chi connectivity index (χ0v) is 25.7. The van der Waals surface area contributed by atoms with E-state index in [4.69, 9.17) is 29.7 Å². The molecule has 8 heteroatoms. The van der Waals surface area contributed by atoms with Gasteiger partial charge in [0.1, 0.15) is 22.7 Å². The molecule has 2 aliphatic rings. The number of H-pyrrole nitrogens is 2. The molecule has 0 spiro atoms. The van der Waals surface area contributed by atoms with E-state index in [-0.39, 0.29) is 0 Å². The molecule has 48 heavy (non-hydrogen) atoms. The fraction of sp³-hybridized carbons (Fsp3) is 0.0250. The third-order valence-corrected chi connectivity index (χ3v) is 9.15. The summed E-state index contributed by atoms with van der Waals surface area (Å²) in [4.78, 5) is 33.0. The number of methoxy groups -OCH3 is 1. The number of nitrogens with zero attached hydrogens (tertiary/aromatic N) is 5. The Morgan fingerprint density at radius 2 is 0.896 bits per heavy atom. The highest BCUT2D eigenvalue weighted by Crippen LogP contribution is 2.44. The van der Waals surface area contributed by atoms with Gasteiger partial charge in [-0.2, -0.15) is 0 Å². The fourth-order valence-electron chi connectivity index (χ4n) is 6.89. The Morgan fingerprint density at radius 1 is 0.438 bits per heavy atom. The van der Waals surface area contributed by atoms with Crippen LogP contribution in [0.15, 0.2) is 121 Å². The molecule has 0 fully saturated rings. The molecule has 0 unspecified atom stereocenters. The van der Waals surface area contributed by atoms with Crippen LogP contribution in [-0.2, 0) is 0 Å². The van der Waals surface area contributed by atoms with Gasteiger partial charge in [-0.15, -0.1) is 0 Å². The number of rotatable bonds is 2. The maximum atomic E-state index is 5.53. The Labute approximate surface area is 273 Å². The van der Waals surface area contributed by atoms with Gasteiger partial charge in [0.15, 0.2) is 17.5 Å². The summed E-state index contributed by atoms with van der Waals surface area (Å²) in [6.07, 6.45) is 0. The molecule has 0 saturated carbocycles. The van der Waals surface area contributed by atoms with Gasteiger partial charge >= 0.3 is 0 Å². The molecule has 8 aromatic rings. The lowest BCUT2D eigenvalue weighted by molar-refractivity contribution is 0.415. The highest BCUT2D eigenvalue weighted by atomic mass is 16.5. The van der Waals surface area contributed by atoms with Crippen LogP contribution in [0.25, 0.3) is 101 Å². The fourth-order valence-corrected chi connectivity index (χ4v) is 6.89. The predicted octanol–water partition coefficient (Wildman–Crippen LogP) is 9.15. The highest BCUT2D eigenvalue weighted by Gasteiger charge is 2.24. The lowest BCUT2D eigenvalue weighted by Gasteiger charge is -2.08. The van der Waals surface area contributed by atoms with Crippen molar-refractivity contribution in [3.8, 4) is 62.3 Å².